The van der Waals surface area contributed by atoms with Gasteiger partial charge in [-0.15, -0.1) is 0 Å². The lowest BCUT2D eigenvalue weighted by Gasteiger charge is -2.38. The van der Waals surface area contributed by atoms with Crippen LogP contribution in [0.25, 0.3) is 5.69 Å². The van der Waals surface area contributed by atoms with Gasteiger partial charge in [-0.25, -0.2) is 0 Å². The number of hydrogen-bond donors (Lipinski definition) is 1. The first-order chi connectivity index (χ1) is 14.7. The van der Waals surface area contributed by atoms with Crippen LogP contribution in [0.4, 0.5) is 5.95 Å². The fraction of sp³-hybridized carbons (Fsp3) is 0.318. The van der Waals surface area contributed by atoms with Crippen LogP contribution in [0, 0.1) is 23.2 Å². The molecule has 1 aromatic heterocycles. The van der Waals surface area contributed by atoms with Crippen molar-refractivity contribution in [3.63, 3.8) is 0 Å². The van der Waals surface area contributed by atoms with Crippen molar-refractivity contribution >= 4 is 11.9 Å². The summed E-state index contributed by atoms with van der Waals surface area (Å²) in [5.74, 6) is 1.31. The molecule has 1 N–H and O–H groups in total. The summed E-state index contributed by atoms with van der Waals surface area (Å²) in [5.41, 5.74) is 1.95. The fourth-order valence-electron chi connectivity index (χ4n) is 4.70. The van der Waals surface area contributed by atoms with E-state index in [2.05, 4.69) is 31.8 Å². The molecule has 1 saturated carbocycles. The molecule has 0 spiro atoms. The van der Waals surface area contributed by atoms with Crippen LogP contribution in [0.15, 0.2) is 54.6 Å². The Balaban J connectivity index is 1.32. The number of amides is 1. The smallest absolute Gasteiger partial charge is 0.251 e. The van der Waals surface area contributed by atoms with E-state index in [-0.39, 0.29) is 11.9 Å². The minimum Gasteiger partial charge on any atom is -0.349 e. The van der Waals surface area contributed by atoms with Gasteiger partial charge in [-0.3, -0.25) is 4.79 Å². The largest absolute Gasteiger partial charge is 0.349 e. The number of rotatable bonds is 4. The Bertz CT molecular complexity index is 1090. The second-order valence-corrected chi connectivity index (χ2v) is 7.92. The summed E-state index contributed by atoms with van der Waals surface area (Å²) in [6, 6.07) is 18.9. The lowest BCUT2D eigenvalue weighted by atomic mass is 9.92. The number of fused-ring (bicyclic) bond motifs is 2. The monoisotopic (exact) mass is 399 g/mol. The van der Waals surface area contributed by atoms with Gasteiger partial charge >= 0.3 is 0 Å². The summed E-state index contributed by atoms with van der Waals surface area (Å²) >= 11 is 0. The number of carbonyl (C=O) groups is 1. The first kappa shape index (κ1) is 18.3. The quantitative estimate of drug-likeness (QED) is 0.722. The van der Waals surface area contributed by atoms with Crippen LogP contribution in [0.3, 0.4) is 0 Å². The predicted molar refractivity (Wildman–Crippen MR) is 110 cm³/mol. The maximum Gasteiger partial charge on any atom is 0.251 e. The lowest BCUT2D eigenvalue weighted by Crippen LogP contribution is -2.53. The number of nitrogens with zero attached hydrogens (tertiary/aromatic N) is 6. The number of benzene rings is 2. The minimum atomic E-state index is -0.114. The highest BCUT2D eigenvalue weighted by Gasteiger charge is 2.44. The highest BCUT2D eigenvalue weighted by atomic mass is 16.1. The van der Waals surface area contributed by atoms with Crippen molar-refractivity contribution in [2.24, 2.45) is 11.8 Å². The maximum atomic E-state index is 12.8. The Hall–Kier alpha value is -3.73. The molecule has 8 nitrogen and oxygen atoms in total. The predicted octanol–water partition coefficient (Wildman–Crippen LogP) is 2.18. The van der Waals surface area contributed by atoms with E-state index in [0.717, 1.165) is 37.6 Å². The number of carbonyl (C=O) groups excluding carboxylic acids is 1. The van der Waals surface area contributed by atoms with E-state index in [9.17, 15) is 4.79 Å². The van der Waals surface area contributed by atoms with Crippen LogP contribution in [-0.2, 0) is 0 Å². The Morgan fingerprint density at radius 2 is 1.83 bits per heavy atom. The van der Waals surface area contributed by atoms with E-state index in [1.54, 1.807) is 28.9 Å². The normalized spacial score (nSPS) is 22.5. The van der Waals surface area contributed by atoms with Gasteiger partial charge in [0.15, 0.2) is 0 Å². The van der Waals surface area contributed by atoms with Crippen LogP contribution in [0.5, 0.6) is 0 Å². The molecule has 2 bridgehead atoms. The topological polar surface area (TPSA) is 99.7 Å². The molecule has 150 valence electrons. The molecule has 30 heavy (non-hydrogen) atoms. The van der Waals surface area contributed by atoms with E-state index < -0.39 is 0 Å². The van der Waals surface area contributed by atoms with Crippen molar-refractivity contribution in [2.75, 3.05) is 18.0 Å². The molecule has 2 fully saturated rings. The Morgan fingerprint density at radius 3 is 2.57 bits per heavy atom. The van der Waals surface area contributed by atoms with E-state index in [1.807, 2.05) is 30.3 Å². The third kappa shape index (κ3) is 3.28. The molecular formula is C22H21N7O. The van der Waals surface area contributed by atoms with Crippen LogP contribution < -0.4 is 10.2 Å². The van der Waals surface area contributed by atoms with E-state index in [0.29, 0.717) is 23.0 Å². The van der Waals surface area contributed by atoms with Crippen molar-refractivity contribution in [3.05, 3.63) is 65.7 Å². The minimum absolute atomic E-state index is 0.114. The molecule has 8 heteroatoms. The van der Waals surface area contributed by atoms with Gasteiger partial charge in [-0.1, -0.05) is 29.4 Å². The molecule has 3 atom stereocenters. The molecule has 5 rings (SSSR count). The maximum absolute atomic E-state index is 12.8. The molecule has 1 aliphatic carbocycles. The SMILES string of the molecule is N#Cc1cccc(C(=O)NC2[C@@H]3CC[C@H]2CN(c2nnnn2-c2ccccc2)C3)c1. The zero-order valence-corrected chi connectivity index (χ0v) is 16.3. The summed E-state index contributed by atoms with van der Waals surface area (Å²) in [4.78, 5) is 15.0. The number of aromatic nitrogens is 4. The van der Waals surface area contributed by atoms with Gasteiger partial charge in [0.05, 0.1) is 17.3 Å². The molecule has 1 amide bonds. The average Bonchev–Trinajstić information content (AvgIpc) is 3.36. The van der Waals surface area contributed by atoms with E-state index in [1.165, 1.54) is 0 Å². The van der Waals surface area contributed by atoms with Gasteiger partial charge in [0, 0.05) is 24.7 Å². The van der Waals surface area contributed by atoms with Crippen molar-refractivity contribution in [2.45, 2.75) is 18.9 Å². The number of piperidine rings is 1. The summed E-state index contributed by atoms with van der Waals surface area (Å²) in [6.45, 7) is 1.60. The van der Waals surface area contributed by atoms with Crippen LogP contribution >= 0.6 is 0 Å². The Labute approximate surface area is 174 Å². The Kier molecular flexibility index (Phi) is 4.64. The molecule has 2 aromatic carbocycles. The van der Waals surface area contributed by atoms with Gasteiger partial charge in [0.2, 0.25) is 5.95 Å². The lowest BCUT2D eigenvalue weighted by molar-refractivity contribution is 0.0910. The summed E-state index contributed by atoms with van der Waals surface area (Å²) < 4.78 is 1.77. The molecule has 1 saturated heterocycles. The first-order valence-electron chi connectivity index (χ1n) is 10.1. The molecule has 3 aromatic rings. The molecule has 1 aliphatic heterocycles. The second-order valence-electron chi connectivity index (χ2n) is 7.92. The first-order valence-corrected chi connectivity index (χ1v) is 10.1. The molecule has 1 unspecified atom stereocenters. The summed E-state index contributed by atoms with van der Waals surface area (Å²) in [5, 5.41) is 24.6. The number of hydrogen-bond acceptors (Lipinski definition) is 6. The third-order valence-electron chi connectivity index (χ3n) is 6.12. The summed E-state index contributed by atoms with van der Waals surface area (Å²) in [6.07, 6.45) is 2.13. The average molecular weight is 399 g/mol. The molecule has 2 heterocycles. The van der Waals surface area contributed by atoms with Gasteiger partial charge in [0.1, 0.15) is 0 Å². The van der Waals surface area contributed by atoms with E-state index in [4.69, 9.17) is 5.26 Å². The van der Waals surface area contributed by atoms with Crippen LogP contribution in [-0.4, -0.2) is 45.2 Å². The van der Waals surface area contributed by atoms with Crippen molar-refractivity contribution in [1.29, 1.82) is 5.26 Å². The van der Waals surface area contributed by atoms with Crippen molar-refractivity contribution < 1.29 is 4.79 Å². The number of anilines is 1. The van der Waals surface area contributed by atoms with Gasteiger partial charge in [-0.05, 0) is 65.4 Å². The Morgan fingerprint density at radius 1 is 1.07 bits per heavy atom. The number of tetrazole rings is 1. The third-order valence-corrected chi connectivity index (χ3v) is 6.12. The van der Waals surface area contributed by atoms with Crippen molar-refractivity contribution in [1.82, 2.24) is 25.5 Å². The van der Waals surface area contributed by atoms with Crippen LogP contribution in [0.2, 0.25) is 0 Å². The number of para-hydroxylation sites is 1. The molecular weight excluding hydrogens is 378 g/mol. The molecule has 2 aliphatic rings. The van der Waals surface area contributed by atoms with Gasteiger partial charge in [-0.2, -0.15) is 9.94 Å². The standard InChI is InChI=1S/C22H21N7O/c23-12-15-5-4-6-16(11-15)21(30)24-20-17-9-10-18(20)14-28(13-17)22-25-26-27-29(22)19-7-2-1-3-8-19/h1-8,11,17-18,20H,9-10,13-14H2,(H,24,30)/t17-,18+,20?. The van der Waals surface area contributed by atoms with Gasteiger partial charge in [0.25, 0.3) is 5.91 Å². The van der Waals surface area contributed by atoms with Crippen LogP contribution in [0.1, 0.15) is 28.8 Å². The van der Waals surface area contributed by atoms with E-state index >= 15 is 0 Å². The second kappa shape index (κ2) is 7.59. The number of nitriles is 1. The zero-order chi connectivity index (χ0) is 20.5. The zero-order valence-electron chi connectivity index (χ0n) is 16.3. The summed E-state index contributed by atoms with van der Waals surface area (Å²) in [7, 11) is 0. The van der Waals surface area contributed by atoms with Gasteiger partial charge < -0.3 is 10.2 Å². The highest BCUT2D eigenvalue weighted by Crippen LogP contribution is 2.38. The molecule has 0 radical (unpaired) electrons. The van der Waals surface area contributed by atoms with Crippen molar-refractivity contribution in [3.8, 4) is 11.8 Å². The highest BCUT2D eigenvalue weighted by molar-refractivity contribution is 5.94. The number of nitrogens with one attached hydrogen (secondary N) is 1. The fourth-order valence-corrected chi connectivity index (χ4v) is 4.70.